The lowest BCUT2D eigenvalue weighted by atomic mass is 10.2. The molecule has 0 saturated heterocycles. The van der Waals surface area contributed by atoms with E-state index in [0.717, 1.165) is 23.2 Å². The molecule has 0 fully saturated rings. The molecule has 0 amide bonds. The van der Waals surface area contributed by atoms with Gasteiger partial charge in [-0.3, -0.25) is 4.57 Å². The molecule has 3 nitrogen and oxygen atoms in total. The van der Waals surface area contributed by atoms with Crippen LogP contribution < -0.4 is 0 Å². The topological polar surface area (TPSA) is 30.7 Å². The van der Waals surface area contributed by atoms with E-state index in [9.17, 15) is 0 Å². The summed E-state index contributed by atoms with van der Waals surface area (Å²) < 4.78 is 2.13. The molecule has 1 aromatic carbocycles. The summed E-state index contributed by atoms with van der Waals surface area (Å²) >= 11 is 1.76. The molecular weight excluding hydrogens is 230 g/mol. The number of benzene rings is 1. The van der Waals surface area contributed by atoms with Gasteiger partial charge >= 0.3 is 0 Å². The van der Waals surface area contributed by atoms with Crippen LogP contribution in [-0.4, -0.2) is 20.5 Å². The van der Waals surface area contributed by atoms with Crippen LogP contribution in [0.3, 0.4) is 0 Å². The number of thioether (sulfide) groups is 1. The minimum Gasteiger partial charge on any atom is -0.274 e. The highest BCUT2D eigenvalue weighted by molar-refractivity contribution is 7.99. The Hall–Kier alpha value is -1.29. The average molecular weight is 247 g/mol. The maximum Gasteiger partial charge on any atom is 0.195 e. The first-order valence-electron chi connectivity index (χ1n) is 5.85. The summed E-state index contributed by atoms with van der Waals surface area (Å²) in [4.78, 5) is 0. The quantitative estimate of drug-likeness (QED) is 0.776. The van der Waals surface area contributed by atoms with Crippen molar-refractivity contribution in [2.24, 2.45) is 0 Å². The van der Waals surface area contributed by atoms with Gasteiger partial charge in [0.25, 0.3) is 0 Å². The molecule has 0 bridgehead atoms. The second kappa shape index (κ2) is 5.36. The van der Waals surface area contributed by atoms with Gasteiger partial charge in [0.15, 0.2) is 5.16 Å². The Balaban J connectivity index is 2.44. The van der Waals surface area contributed by atoms with Crippen LogP contribution in [0.15, 0.2) is 29.4 Å². The van der Waals surface area contributed by atoms with Crippen molar-refractivity contribution in [1.29, 1.82) is 0 Å². The Labute approximate surface area is 106 Å². The van der Waals surface area contributed by atoms with E-state index in [1.54, 1.807) is 11.8 Å². The number of rotatable bonds is 4. The predicted molar refractivity (Wildman–Crippen MR) is 71.8 cm³/mol. The van der Waals surface area contributed by atoms with Gasteiger partial charge in [0.05, 0.1) is 5.69 Å². The average Bonchev–Trinajstić information content (AvgIpc) is 2.69. The predicted octanol–water partition coefficient (Wildman–Crippen LogP) is 3.39. The summed E-state index contributed by atoms with van der Waals surface area (Å²) in [7, 11) is 0. The van der Waals surface area contributed by atoms with Crippen LogP contribution in [0, 0.1) is 13.8 Å². The van der Waals surface area contributed by atoms with Crippen molar-refractivity contribution in [1.82, 2.24) is 14.8 Å². The SMILES string of the molecule is CCCSc1nnc(C)n1-c1ccccc1C. The van der Waals surface area contributed by atoms with Gasteiger partial charge < -0.3 is 0 Å². The van der Waals surface area contributed by atoms with E-state index >= 15 is 0 Å². The summed E-state index contributed by atoms with van der Waals surface area (Å²) in [6.07, 6.45) is 1.14. The Kier molecular flexibility index (Phi) is 3.84. The van der Waals surface area contributed by atoms with Crippen LogP contribution in [0.25, 0.3) is 5.69 Å². The van der Waals surface area contributed by atoms with Gasteiger partial charge in [-0.2, -0.15) is 0 Å². The Bertz CT molecular complexity index is 505. The Morgan fingerprint density at radius 2 is 1.94 bits per heavy atom. The molecule has 0 N–H and O–H groups in total. The molecule has 4 heteroatoms. The third-order valence-corrected chi connectivity index (χ3v) is 3.72. The highest BCUT2D eigenvalue weighted by Crippen LogP contribution is 2.23. The third-order valence-electron chi connectivity index (χ3n) is 2.59. The number of para-hydroxylation sites is 1. The molecular formula is C13H17N3S. The maximum absolute atomic E-state index is 4.25. The van der Waals surface area contributed by atoms with E-state index < -0.39 is 0 Å². The fraction of sp³-hybridized carbons (Fsp3) is 0.385. The second-order valence-corrected chi connectivity index (χ2v) is 5.06. The third kappa shape index (κ3) is 2.52. The highest BCUT2D eigenvalue weighted by atomic mass is 32.2. The summed E-state index contributed by atoms with van der Waals surface area (Å²) in [5.41, 5.74) is 2.42. The van der Waals surface area contributed by atoms with Crippen LogP contribution in [0.5, 0.6) is 0 Å². The molecule has 0 aliphatic rings. The van der Waals surface area contributed by atoms with E-state index in [1.165, 1.54) is 11.3 Å². The standard InChI is InChI=1S/C13H17N3S/c1-4-9-17-13-15-14-11(3)16(13)12-8-6-5-7-10(12)2/h5-8H,4,9H2,1-3H3. The fourth-order valence-corrected chi connectivity index (χ4v) is 2.57. The van der Waals surface area contributed by atoms with Crippen molar-refractivity contribution >= 4 is 11.8 Å². The molecule has 0 aliphatic heterocycles. The normalized spacial score (nSPS) is 10.8. The second-order valence-electron chi connectivity index (χ2n) is 4.00. The van der Waals surface area contributed by atoms with E-state index in [0.29, 0.717) is 0 Å². The zero-order valence-corrected chi connectivity index (χ0v) is 11.3. The summed E-state index contributed by atoms with van der Waals surface area (Å²) in [6.45, 7) is 6.28. The van der Waals surface area contributed by atoms with E-state index in [2.05, 4.69) is 52.9 Å². The number of aromatic nitrogens is 3. The fourth-order valence-electron chi connectivity index (χ4n) is 1.72. The van der Waals surface area contributed by atoms with Crippen molar-refractivity contribution in [2.45, 2.75) is 32.3 Å². The van der Waals surface area contributed by atoms with Crippen molar-refractivity contribution in [2.75, 3.05) is 5.75 Å². The summed E-state index contributed by atoms with van der Waals surface area (Å²) in [6, 6.07) is 8.33. The van der Waals surface area contributed by atoms with Crippen molar-refractivity contribution < 1.29 is 0 Å². The maximum atomic E-state index is 4.25. The van der Waals surface area contributed by atoms with E-state index in [-0.39, 0.29) is 0 Å². The zero-order valence-electron chi connectivity index (χ0n) is 10.5. The molecule has 17 heavy (non-hydrogen) atoms. The zero-order chi connectivity index (χ0) is 12.3. The molecule has 0 radical (unpaired) electrons. The largest absolute Gasteiger partial charge is 0.274 e. The molecule has 90 valence electrons. The number of aryl methyl sites for hydroxylation is 2. The number of hydrogen-bond acceptors (Lipinski definition) is 3. The van der Waals surface area contributed by atoms with Crippen molar-refractivity contribution in [3.8, 4) is 5.69 Å². The van der Waals surface area contributed by atoms with Crippen LogP contribution in [0.1, 0.15) is 24.7 Å². The molecule has 1 aromatic heterocycles. The lowest BCUT2D eigenvalue weighted by Gasteiger charge is -2.10. The molecule has 0 spiro atoms. The molecule has 2 rings (SSSR count). The minimum absolute atomic E-state index is 0.943. The lowest BCUT2D eigenvalue weighted by Crippen LogP contribution is -2.01. The first-order chi connectivity index (χ1) is 8.24. The van der Waals surface area contributed by atoms with Gasteiger partial charge in [-0.05, 0) is 31.9 Å². The smallest absolute Gasteiger partial charge is 0.195 e. The van der Waals surface area contributed by atoms with Crippen LogP contribution >= 0.6 is 11.8 Å². The number of hydrogen-bond donors (Lipinski definition) is 0. The Morgan fingerprint density at radius 1 is 1.18 bits per heavy atom. The Morgan fingerprint density at radius 3 is 2.65 bits per heavy atom. The van der Waals surface area contributed by atoms with Gasteiger partial charge in [0.2, 0.25) is 0 Å². The first-order valence-corrected chi connectivity index (χ1v) is 6.83. The van der Waals surface area contributed by atoms with Gasteiger partial charge in [-0.1, -0.05) is 36.9 Å². The van der Waals surface area contributed by atoms with Crippen molar-refractivity contribution in [3.63, 3.8) is 0 Å². The molecule has 0 atom stereocenters. The number of nitrogens with zero attached hydrogens (tertiary/aromatic N) is 3. The minimum atomic E-state index is 0.943. The summed E-state index contributed by atoms with van der Waals surface area (Å²) in [5, 5.41) is 9.41. The van der Waals surface area contributed by atoms with Crippen molar-refractivity contribution in [3.05, 3.63) is 35.7 Å². The van der Waals surface area contributed by atoms with Gasteiger partial charge in [-0.15, -0.1) is 10.2 Å². The van der Waals surface area contributed by atoms with E-state index in [4.69, 9.17) is 0 Å². The molecule has 0 unspecified atom stereocenters. The van der Waals surface area contributed by atoms with Crippen LogP contribution in [0.2, 0.25) is 0 Å². The molecule has 0 saturated carbocycles. The van der Waals surface area contributed by atoms with Gasteiger partial charge in [-0.25, -0.2) is 0 Å². The first kappa shape index (κ1) is 12.2. The van der Waals surface area contributed by atoms with E-state index in [1.807, 2.05) is 6.92 Å². The highest BCUT2D eigenvalue weighted by Gasteiger charge is 2.12. The monoisotopic (exact) mass is 247 g/mol. The lowest BCUT2D eigenvalue weighted by molar-refractivity contribution is 0.860. The molecule has 1 heterocycles. The van der Waals surface area contributed by atoms with Crippen LogP contribution in [-0.2, 0) is 0 Å². The molecule has 0 aliphatic carbocycles. The van der Waals surface area contributed by atoms with Gasteiger partial charge in [0, 0.05) is 5.75 Å². The molecule has 2 aromatic rings. The summed E-state index contributed by atoms with van der Waals surface area (Å²) in [5.74, 6) is 2.02. The van der Waals surface area contributed by atoms with Gasteiger partial charge in [0.1, 0.15) is 5.82 Å². The van der Waals surface area contributed by atoms with Crippen LogP contribution in [0.4, 0.5) is 0 Å².